The molecule has 0 atom stereocenters. The fourth-order valence-electron chi connectivity index (χ4n) is 0.960. The lowest BCUT2D eigenvalue weighted by molar-refractivity contribution is -0.154. The van der Waals surface area contributed by atoms with Crippen molar-refractivity contribution >= 4 is 33.7 Å². The Balaban J connectivity index is 2.97. The molecule has 0 unspecified atom stereocenters. The van der Waals surface area contributed by atoms with Gasteiger partial charge in [0.15, 0.2) is 0 Å². The highest BCUT2D eigenvalue weighted by atomic mass is 79.9. The van der Waals surface area contributed by atoms with Gasteiger partial charge in [0, 0.05) is 11.4 Å². The summed E-state index contributed by atoms with van der Waals surface area (Å²) in [7, 11) is 0. The van der Waals surface area contributed by atoms with E-state index in [1.807, 2.05) is 0 Å². The van der Waals surface area contributed by atoms with Gasteiger partial charge in [0.2, 0.25) is 0 Å². The first-order valence-corrected chi connectivity index (χ1v) is 4.93. The van der Waals surface area contributed by atoms with Crippen LogP contribution in [0.15, 0.2) is 22.7 Å². The molecule has 1 aromatic rings. The molecule has 0 aliphatic heterocycles. The van der Waals surface area contributed by atoms with Crippen LogP contribution in [-0.2, 0) is 14.3 Å². The van der Waals surface area contributed by atoms with Crippen LogP contribution in [0.2, 0.25) is 0 Å². The second-order valence-corrected chi connectivity index (χ2v) is 3.75. The maximum absolute atomic E-state index is 13.3. The molecule has 6 heteroatoms. The summed E-state index contributed by atoms with van der Waals surface area (Å²) < 4.78 is 17.7. The average Bonchev–Trinajstić information content (AvgIpc) is 2.15. The van der Waals surface area contributed by atoms with Gasteiger partial charge in [0.05, 0.1) is 5.56 Å². The highest BCUT2D eigenvalue weighted by Crippen LogP contribution is 2.16. The number of carbonyl (C=O) groups is 3. The molecule has 0 saturated heterocycles. The van der Waals surface area contributed by atoms with E-state index in [1.54, 1.807) is 0 Å². The number of ether oxygens (including phenoxy) is 1. The minimum absolute atomic E-state index is 0.432. The van der Waals surface area contributed by atoms with Crippen molar-refractivity contribution in [2.45, 2.75) is 6.92 Å². The number of esters is 2. The van der Waals surface area contributed by atoms with Gasteiger partial charge < -0.3 is 4.74 Å². The lowest BCUT2D eigenvalue weighted by Crippen LogP contribution is -2.20. The maximum atomic E-state index is 13.3. The number of Topliss-reactive ketones (excluding diaryl/α,β-unsaturated/α-hetero) is 1. The highest BCUT2D eigenvalue weighted by Gasteiger charge is 2.22. The molecule has 0 aliphatic carbocycles. The number of halogens is 2. The Morgan fingerprint density at radius 1 is 1.31 bits per heavy atom. The Bertz CT molecular complexity index is 470. The number of ketones is 1. The summed E-state index contributed by atoms with van der Waals surface area (Å²) >= 11 is 3.00. The molecule has 0 spiro atoms. The van der Waals surface area contributed by atoms with Crippen molar-refractivity contribution in [1.82, 2.24) is 0 Å². The third-order valence-corrected chi connectivity index (χ3v) is 2.09. The van der Waals surface area contributed by atoms with Gasteiger partial charge in [-0.25, -0.2) is 9.18 Å². The molecule has 1 rings (SSSR count). The molecule has 0 aromatic heterocycles. The van der Waals surface area contributed by atoms with Crippen molar-refractivity contribution in [2.75, 3.05) is 0 Å². The predicted octanol–water partition coefficient (Wildman–Crippen LogP) is 1.86. The van der Waals surface area contributed by atoms with Crippen LogP contribution in [0.3, 0.4) is 0 Å². The minimum atomic E-state index is -1.39. The van der Waals surface area contributed by atoms with Crippen LogP contribution < -0.4 is 0 Å². The van der Waals surface area contributed by atoms with Crippen molar-refractivity contribution in [2.24, 2.45) is 0 Å². The summed E-state index contributed by atoms with van der Waals surface area (Å²) in [6.45, 7) is 0.975. The predicted molar refractivity (Wildman–Crippen MR) is 55.2 cm³/mol. The third-order valence-electron chi connectivity index (χ3n) is 1.60. The first-order valence-electron chi connectivity index (χ1n) is 4.14. The Hall–Kier alpha value is -1.56. The summed E-state index contributed by atoms with van der Waals surface area (Å²) in [4.78, 5) is 32.8. The molecule has 0 amide bonds. The number of carbonyl (C=O) groups excluding carboxylic acids is 3. The van der Waals surface area contributed by atoms with Crippen LogP contribution in [0.1, 0.15) is 17.3 Å². The monoisotopic (exact) mass is 288 g/mol. The fraction of sp³-hybridized carbons (Fsp3) is 0.100. The van der Waals surface area contributed by atoms with Crippen LogP contribution in [0, 0.1) is 5.82 Å². The Kier molecular flexibility index (Phi) is 3.89. The van der Waals surface area contributed by atoms with E-state index in [1.165, 1.54) is 6.07 Å². The second-order valence-electron chi connectivity index (χ2n) is 2.83. The van der Waals surface area contributed by atoms with E-state index in [9.17, 15) is 18.8 Å². The zero-order chi connectivity index (χ0) is 12.3. The zero-order valence-electron chi connectivity index (χ0n) is 8.12. The van der Waals surface area contributed by atoms with E-state index < -0.39 is 29.1 Å². The van der Waals surface area contributed by atoms with Crippen molar-refractivity contribution in [1.29, 1.82) is 0 Å². The lowest BCUT2D eigenvalue weighted by Gasteiger charge is -2.01. The van der Waals surface area contributed by atoms with Crippen LogP contribution in [0.4, 0.5) is 4.39 Å². The van der Waals surface area contributed by atoms with Crippen LogP contribution >= 0.6 is 15.9 Å². The highest BCUT2D eigenvalue weighted by molar-refractivity contribution is 9.10. The number of hydrogen-bond donors (Lipinski definition) is 0. The van der Waals surface area contributed by atoms with Gasteiger partial charge in [0.25, 0.3) is 5.78 Å². The molecule has 0 bridgehead atoms. The Morgan fingerprint density at radius 3 is 2.44 bits per heavy atom. The van der Waals surface area contributed by atoms with E-state index >= 15 is 0 Å². The van der Waals surface area contributed by atoms with E-state index in [0.717, 1.165) is 19.1 Å². The molecule has 16 heavy (non-hydrogen) atoms. The van der Waals surface area contributed by atoms with Gasteiger partial charge in [-0.05, 0) is 18.2 Å². The molecule has 0 saturated carbocycles. The largest absolute Gasteiger partial charge is 0.387 e. The average molecular weight is 289 g/mol. The first kappa shape index (κ1) is 12.5. The summed E-state index contributed by atoms with van der Waals surface area (Å²) in [5.41, 5.74) is -0.436. The molecular weight excluding hydrogens is 283 g/mol. The normalized spacial score (nSPS) is 9.69. The van der Waals surface area contributed by atoms with Crippen LogP contribution in [0.5, 0.6) is 0 Å². The van der Waals surface area contributed by atoms with Crippen molar-refractivity contribution in [3.8, 4) is 0 Å². The number of hydrogen-bond acceptors (Lipinski definition) is 4. The minimum Gasteiger partial charge on any atom is -0.387 e. The van der Waals surface area contributed by atoms with Gasteiger partial charge >= 0.3 is 11.9 Å². The number of rotatable bonds is 2. The third kappa shape index (κ3) is 2.96. The van der Waals surface area contributed by atoms with Crippen molar-refractivity contribution in [3.63, 3.8) is 0 Å². The molecule has 4 nitrogen and oxygen atoms in total. The van der Waals surface area contributed by atoms with Gasteiger partial charge in [-0.2, -0.15) is 0 Å². The van der Waals surface area contributed by atoms with Crippen LogP contribution in [0.25, 0.3) is 0 Å². The number of benzene rings is 1. The maximum Gasteiger partial charge on any atom is 0.387 e. The SMILES string of the molecule is CC(=O)OC(=O)C(=O)c1ccc(Br)cc1F. The molecule has 84 valence electrons. The topological polar surface area (TPSA) is 60.4 Å². The fourth-order valence-corrected chi connectivity index (χ4v) is 1.29. The molecule has 0 radical (unpaired) electrons. The second kappa shape index (κ2) is 4.98. The van der Waals surface area contributed by atoms with Crippen molar-refractivity contribution in [3.05, 3.63) is 34.1 Å². The van der Waals surface area contributed by atoms with E-state index in [-0.39, 0.29) is 0 Å². The zero-order valence-corrected chi connectivity index (χ0v) is 9.71. The quantitative estimate of drug-likeness (QED) is 0.361. The molecule has 1 aromatic carbocycles. The standard InChI is InChI=1S/C10H6BrFO4/c1-5(13)16-10(15)9(14)7-3-2-6(11)4-8(7)12/h2-4H,1H3. The summed E-state index contributed by atoms with van der Waals surface area (Å²) in [6.07, 6.45) is 0. The van der Waals surface area contributed by atoms with Gasteiger partial charge in [-0.1, -0.05) is 15.9 Å². The summed E-state index contributed by atoms with van der Waals surface area (Å²) in [5, 5.41) is 0. The molecule has 0 N–H and O–H groups in total. The molecular formula is C10H6BrFO4. The molecule has 0 fully saturated rings. The van der Waals surface area contributed by atoms with Crippen LogP contribution in [-0.4, -0.2) is 17.7 Å². The smallest absolute Gasteiger partial charge is 0.387 e. The van der Waals surface area contributed by atoms with Crippen molar-refractivity contribution < 1.29 is 23.5 Å². The Labute approximate surface area is 98.5 Å². The molecule has 0 aliphatic rings. The van der Waals surface area contributed by atoms with Gasteiger partial charge in [0.1, 0.15) is 5.82 Å². The summed E-state index contributed by atoms with van der Waals surface area (Å²) in [6, 6.07) is 3.56. The summed E-state index contributed by atoms with van der Waals surface area (Å²) in [5.74, 6) is -4.37. The van der Waals surface area contributed by atoms with Gasteiger partial charge in [-0.15, -0.1) is 0 Å². The first-order chi connectivity index (χ1) is 7.41. The van der Waals surface area contributed by atoms with E-state index in [2.05, 4.69) is 20.7 Å². The van der Waals surface area contributed by atoms with E-state index in [4.69, 9.17) is 0 Å². The van der Waals surface area contributed by atoms with E-state index in [0.29, 0.717) is 4.47 Å². The molecule has 0 heterocycles. The lowest BCUT2D eigenvalue weighted by atomic mass is 10.1. The Morgan fingerprint density at radius 2 is 1.94 bits per heavy atom. The van der Waals surface area contributed by atoms with Gasteiger partial charge in [-0.3, -0.25) is 9.59 Å².